The molecule has 1 saturated heterocycles. The minimum absolute atomic E-state index is 0.837. The zero-order chi connectivity index (χ0) is 14.3. The molecule has 1 aromatic carbocycles. The maximum Gasteiger partial charge on any atom is 0.0233 e. The Hall–Kier alpha value is -1.12. The molecule has 0 bridgehead atoms. The van der Waals surface area contributed by atoms with Crippen molar-refractivity contribution in [3.05, 3.63) is 47.5 Å². The molecule has 114 valence electrons. The second-order valence-electron chi connectivity index (χ2n) is 6.58. The number of likely N-dealkylation sites (tertiary alicyclic amines) is 1. The van der Waals surface area contributed by atoms with Crippen molar-refractivity contribution in [1.82, 2.24) is 10.2 Å². The Bertz CT molecular complexity index is 443. The second kappa shape index (κ2) is 7.77. The van der Waals surface area contributed by atoms with E-state index in [1.165, 1.54) is 56.3 Å². The Morgan fingerprint density at radius 1 is 1.00 bits per heavy atom. The molecule has 1 heterocycles. The third kappa shape index (κ3) is 4.69. The summed E-state index contributed by atoms with van der Waals surface area (Å²) in [6, 6.07) is 9.19. The molecular weight excluding hydrogens is 256 g/mol. The van der Waals surface area contributed by atoms with Crippen LogP contribution in [0.5, 0.6) is 0 Å². The standard InChI is InChI=1S/C19H28N2/c1-2-6-17(7-3-1)14-20-15-18-8-10-19(11-9-18)16-21-12-4-5-13-21/h1-2,8-11,17,20H,3-7,12-16H2. The molecule has 0 aromatic heterocycles. The third-order valence-corrected chi connectivity index (χ3v) is 4.77. The van der Waals surface area contributed by atoms with Crippen LogP contribution in [0.2, 0.25) is 0 Å². The number of nitrogens with zero attached hydrogens (tertiary/aromatic N) is 1. The molecule has 0 saturated carbocycles. The summed E-state index contributed by atoms with van der Waals surface area (Å²) in [5.41, 5.74) is 2.87. The summed E-state index contributed by atoms with van der Waals surface area (Å²) in [6.45, 7) is 5.84. The number of rotatable bonds is 6. The lowest BCUT2D eigenvalue weighted by Gasteiger charge is -2.18. The van der Waals surface area contributed by atoms with E-state index in [1.54, 1.807) is 0 Å². The van der Waals surface area contributed by atoms with Crippen LogP contribution < -0.4 is 5.32 Å². The van der Waals surface area contributed by atoms with Crippen LogP contribution in [0.15, 0.2) is 36.4 Å². The number of benzene rings is 1. The van der Waals surface area contributed by atoms with Crippen LogP contribution in [-0.2, 0) is 13.1 Å². The van der Waals surface area contributed by atoms with Crippen LogP contribution >= 0.6 is 0 Å². The zero-order valence-corrected chi connectivity index (χ0v) is 13.1. The van der Waals surface area contributed by atoms with Crippen LogP contribution in [0.3, 0.4) is 0 Å². The minimum Gasteiger partial charge on any atom is -0.312 e. The molecule has 21 heavy (non-hydrogen) atoms. The SMILES string of the molecule is C1=CCC(CNCc2ccc(CN3CCCC3)cc2)CC1. The van der Waals surface area contributed by atoms with Crippen molar-refractivity contribution in [3.8, 4) is 0 Å². The molecule has 1 aliphatic heterocycles. The molecule has 2 heteroatoms. The van der Waals surface area contributed by atoms with Gasteiger partial charge in [0.2, 0.25) is 0 Å². The van der Waals surface area contributed by atoms with Crippen LogP contribution in [0.1, 0.15) is 43.2 Å². The van der Waals surface area contributed by atoms with Crippen LogP contribution in [0, 0.1) is 5.92 Å². The quantitative estimate of drug-likeness (QED) is 0.801. The van der Waals surface area contributed by atoms with Gasteiger partial charge in [-0.3, -0.25) is 4.90 Å². The van der Waals surface area contributed by atoms with Gasteiger partial charge in [0.25, 0.3) is 0 Å². The first kappa shape index (κ1) is 14.8. The van der Waals surface area contributed by atoms with E-state index in [4.69, 9.17) is 0 Å². The Morgan fingerprint density at radius 3 is 2.48 bits per heavy atom. The highest BCUT2D eigenvalue weighted by Crippen LogP contribution is 2.17. The highest BCUT2D eigenvalue weighted by atomic mass is 15.1. The van der Waals surface area contributed by atoms with Crippen molar-refractivity contribution in [3.63, 3.8) is 0 Å². The molecule has 0 amide bonds. The van der Waals surface area contributed by atoms with E-state index in [0.717, 1.165) is 25.6 Å². The van der Waals surface area contributed by atoms with Crippen molar-refractivity contribution >= 4 is 0 Å². The maximum absolute atomic E-state index is 3.62. The summed E-state index contributed by atoms with van der Waals surface area (Å²) in [6.07, 6.45) is 11.3. The van der Waals surface area contributed by atoms with Crippen molar-refractivity contribution in [2.45, 2.75) is 45.2 Å². The van der Waals surface area contributed by atoms with Gasteiger partial charge in [0.15, 0.2) is 0 Å². The van der Waals surface area contributed by atoms with Gasteiger partial charge in [-0.2, -0.15) is 0 Å². The fourth-order valence-corrected chi connectivity index (χ4v) is 3.42. The van der Waals surface area contributed by atoms with Gasteiger partial charge in [0.1, 0.15) is 0 Å². The first-order valence-corrected chi connectivity index (χ1v) is 8.56. The van der Waals surface area contributed by atoms with Gasteiger partial charge < -0.3 is 5.32 Å². The number of allylic oxidation sites excluding steroid dienone is 2. The normalized spacial score (nSPS) is 22.8. The van der Waals surface area contributed by atoms with Crippen LogP contribution in [-0.4, -0.2) is 24.5 Å². The average Bonchev–Trinajstić information content (AvgIpc) is 3.03. The van der Waals surface area contributed by atoms with Crippen molar-refractivity contribution in [1.29, 1.82) is 0 Å². The van der Waals surface area contributed by atoms with Gasteiger partial charge in [0, 0.05) is 13.1 Å². The van der Waals surface area contributed by atoms with Crippen LogP contribution in [0.4, 0.5) is 0 Å². The average molecular weight is 284 g/mol. The molecule has 1 fully saturated rings. The monoisotopic (exact) mass is 284 g/mol. The molecule has 0 radical (unpaired) electrons. The first-order chi connectivity index (χ1) is 10.4. The Labute approximate surface area is 129 Å². The van der Waals surface area contributed by atoms with Gasteiger partial charge in [-0.15, -0.1) is 0 Å². The first-order valence-electron chi connectivity index (χ1n) is 8.56. The Morgan fingerprint density at radius 2 is 1.76 bits per heavy atom. The molecule has 1 unspecified atom stereocenters. The topological polar surface area (TPSA) is 15.3 Å². The summed E-state index contributed by atoms with van der Waals surface area (Å²) >= 11 is 0. The van der Waals surface area contributed by atoms with Crippen LogP contribution in [0.25, 0.3) is 0 Å². The largest absolute Gasteiger partial charge is 0.312 e. The highest BCUT2D eigenvalue weighted by Gasteiger charge is 2.11. The summed E-state index contributed by atoms with van der Waals surface area (Å²) in [5.74, 6) is 0.837. The maximum atomic E-state index is 3.62. The van der Waals surface area contributed by atoms with E-state index in [2.05, 4.69) is 46.6 Å². The van der Waals surface area contributed by atoms with E-state index in [1.807, 2.05) is 0 Å². The number of hydrogen-bond acceptors (Lipinski definition) is 2. The summed E-state index contributed by atoms with van der Waals surface area (Å²) in [4.78, 5) is 2.56. The Balaban J connectivity index is 1.40. The fraction of sp³-hybridized carbons (Fsp3) is 0.579. The van der Waals surface area contributed by atoms with E-state index < -0.39 is 0 Å². The lowest BCUT2D eigenvalue weighted by Crippen LogP contribution is -2.23. The smallest absolute Gasteiger partial charge is 0.0233 e. The third-order valence-electron chi connectivity index (χ3n) is 4.77. The van der Waals surface area contributed by atoms with E-state index >= 15 is 0 Å². The predicted molar refractivity (Wildman–Crippen MR) is 89.1 cm³/mol. The minimum atomic E-state index is 0.837. The molecule has 1 aromatic rings. The lowest BCUT2D eigenvalue weighted by molar-refractivity contribution is 0.331. The summed E-state index contributed by atoms with van der Waals surface area (Å²) in [7, 11) is 0. The number of hydrogen-bond donors (Lipinski definition) is 1. The van der Waals surface area contributed by atoms with Gasteiger partial charge in [-0.1, -0.05) is 36.4 Å². The van der Waals surface area contributed by atoms with Gasteiger partial charge in [-0.05, 0) is 68.8 Å². The highest BCUT2D eigenvalue weighted by molar-refractivity contribution is 5.22. The molecule has 2 aliphatic rings. The van der Waals surface area contributed by atoms with E-state index in [-0.39, 0.29) is 0 Å². The molecule has 2 nitrogen and oxygen atoms in total. The van der Waals surface area contributed by atoms with Crippen molar-refractivity contribution < 1.29 is 0 Å². The van der Waals surface area contributed by atoms with Gasteiger partial charge in [-0.25, -0.2) is 0 Å². The van der Waals surface area contributed by atoms with E-state index in [0.29, 0.717) is 0 Å². The van der Waals surface area contributed by atoms with Gasteiger partial charge >= 0.3 is 0 Å². The second-order valence-corrected chi connectivity index (χ2v) is 6.58. The molecular formula is C19H28N2. The molecule has 1 aliphatic carbocycles. The number of nitrogens with one attached hydrogen (secondary N) is 1. The predicted octanol–water partition coefficient (Wildman–Crippen LogP) is 3.73. The van der Waals surface area contributed by atoms with E-state index in [9.17, 15) is 0 Å². The summed E-state index contributed by atoms with van der Waals surface area (Å²) < 4.78 is 0. The van der Waals surface area contributed by atoms with Crippen molar-refractivity contribution in [2.24, 2.45) is 5.92 Å². The van der Waals surface area contributed by atoms with Crippen molar-refractivity contribution in [2.75, 3.05) is 19.6 Å². The molecule has 0 spiro atoms. The Kier molecular flexibility index (Phi) is 5.47. The van der Waals surface area contributed by atoms with Gasteiger partial charge in [0.05, 0.1) is 0 Å². The molecule has 1 atom stereocenters. The summed E-state index contributed by atoms with van der Waals surface area (Å²) in [5, 5.41) is 3.62. The molecule has 3 rings (SSSR count). The lowest BCUT2D eigenvalue weighted by atomic mass is 9.94. The zero-order valence-electron chi connectivity index (χ0n) is 13.1. The molecule has 1 N–H and O–H groups in total. The fourth-order valence-electron chi connectivity index (χ4n) is 3.42.